The number of hydrogen-bond donors (Lipinski definition) is 1. The summed E-state index contributed by atoms with van der Waals surface area (Å²) in [7, 11) is 0. The van der Waals surface area contributed by atoms with E-state index in [9.17, 15) is 4.79 Å². The summed E-state index contributed by atoms with van der Waals surface area (Å²) in [6.07, 6.45) is 3.55. The van der Waals surface area contributed by atoms with E-state index >= 15 is 0 Å². The number of benzene rings is 1. The van der Waals surface area contributed by atoms with Crippen LogP contribution in [0, 0.1) is 6.92 Å². The van der Waals surface area contributed by atoms with E-state index < -0.39 is 5.97 Å². The van der Waals surface area contributed by atoms with Gasteiger partial charge in [-0.3, -0.25) is 4.98 Å². The Balaban J connectivity index is 2.38. The minimum atomic E-state index is -0.908. The molecule has 0 saturated heterocycles. The molecule has 0 aliphatic rings. The molecule has 3 nitrogen and oxygen atoms in total. The number of rotatable bonds is 2. The Hall–Kier alpha value is -2.16. The maximum atomic E-state index is 10.7. The second-order valence-electron chi connectivity index (χ2n) is 3.63. The lowest BCUT2D eigenvalue weighted by molar-refractivity contribution is 0.0697. The molecule has 1 aromatic heterocycles. The summed E-state index contributed by atoms with van der Waals surface area (Å²) in [4.78, 5) is 14.8. The number of hydrogen-bond acceptors (Lipinski definition) is 2. The highest BCUT2D eigenvalue weighted by atomic mass is 16.4. The zero-order chi connectivity index (χ0) is 11.5. The van der Waals surface area contributed by atoms with Crippen molar-refractivity contribution in [2.75, 3.05) is 0 Å². The number of pyridine rings is 1. The number of carboxylic acid groups (broad SMARTS) is 1. The molecule has 1 aromatic carbocycles. The fourth-order valence-corrected chi connectivity index (χ4v) is 1.52. The van der Waals surface area contributed by atoms with Crippen LogP contribution >= 0.6 is 0 Å². The third-order valence-electron chi connectivity index (χ3n) is 2.34. The van der Waals surface area contributed by atoms with E-state index in [1.165, 1.54) is 0 Å². The van der Waals surface area contributed by atoms with Gasteiger partial charge in [0.15, 0.2) is 0 Å². The number of aromatic carboxylic acids is 1. The van der Waals surface area contributed by atoms with Gasteiger partial charge in [-0.05, 0) is 36.2 Å². The van der Waals surface area contributed by atoms with Crippen molar-refractivity contribution >= 4 is 5.97 Å². The van der Waals surface area contributed by atoms with E-state index in [-0.39, 0.29) is 0 Å². The van der Waals surface area contributed by atoms with Crippen LogP contribution in [0.5, 0.6) is 0 Å². The lowest BCUT2D eigenvalue weighted by Crippen LogP contribution is -1.95. The van der Waals surface area contributed by atoms with Crippen molar-refractivity contribution in [1.82, 2.24) is 4.98 Å². The van der Waals surface area contributed by atoms with Crippen LogP contribution in [0.2, 0.25) is 0 Å². The van der Waals surface area contributed by atoms with Gasteiger partial charge in [0.05, 0.1) is 5.56 Å². The zero-order valence-electron chi connectivity index (χ0n) is 8.84. The summed E-state index contributed by atoms with van der Waals surface area (Å²) >= 11 is 0. The summed E-state index contributed by atoms with van der Waals surface area (Å²) in [5, 5.41) is 8.78. The van der Waals surface area contributed by atoms with Crippen LogP contribution in [-0.2, 0) is 0 Å². The molecule has 2 aromatic rings. The van der Waals surface area contributed by atoms with Gasteiger partial charge in [0.25, 0.3) is 0 Å². The summed E-state index contributed by atoms with van der Waals surface area (Å²) < 4.78 is 0. The highest BCUT2D eigenvalue weighted by Crippen LogP contribution is 2.19. The molecule has 16 heavy (non-hydrogen) atoms. The SMILES string of the molecule is Cc1cncc(-c2ccc(C(=O)O)cc2)c1. The summed E-state index contributed by atoms with van der Waals surface area (Å²) in [5.41, 5.74) is 3.35. The van der Waals surface area contributed by atoms with E-state index in [0.29, 0.717) is 5.56 Å². The summed E-state index contributed by atoms with van der Waals surface area (Å²) in [6, 6.07) is 8.79. The number of carbonyl (C=O) groups is 1. The van der Waals surface area contributed by atoms with Crippen LogP contribution in [0.3, 0.4) is 0 Å². The molecular formula is C13H11NO2. The standard InChI is InChI=1S/C13H11NO2/c1-9-6-12(8-14-7-9)10-2-4-11(5-3-10)13(15)16/h2-8H,1H3,(H,15,16). The Morgan fingerprint density at radius 3 is 2.38 bits per heavy atom. The topological polar surface area (TPSA) is 50.2 Å². The molecule has 0 saturated carbocycles. The van der Waals surface area contributed by atoms with E-state index in [4.69, 9.17) is 5.11 Å². The maximum Gasteiger partial charge on any atom is 0.335 e. The first kappa shape index (κ1) is 10.4. The zero-order valence-corrected chi connectivity index (χ0v) is 8.84. The van der Waals surface area contributed by atoms with Gasteiger partial charge in [0.1, 0.15) is 0 Å². The molecule has 0 amide bonds. The Bertz CT molecular complexity index is 518. The van der Waals surface area contributed by atoms with E-state index in [0.717, 1.165) is 16.7 Å². The minimum Gasteiger partial charge on any atom is -0.478 e. The highest BCUT2D eigenvalue weighted by Gasteiger charge is 2.03. The molecule has 0 aliphatic carbocycles. The number of aryl methyl sites for hydroxylation is 1. The molecule has 3 heteroatoms. The normalized spacial score (nSPS) is 10.1. The molecule has 0 fully saturated rings. The molecule has 1 heterocycles. The molecule has 2 rings (SSSR count). The van der Waals surface area contributed by atoms with Gasteiger partial charge >= 0.3 is 5.97 Å². The van der Waals surface area contributed by atoms with Gasteiger partial charge in [-0.15, -0.1) is 0 Å². The molecule has 1 N–H and O–H groups in total. The highest BCUT2D eigenvalue weighted by molar-refractivity contribution is 5.88. The van der Waals surface area contributed by atoms with Crippen LogP contribution in [0.25, 0.3) is 11.1 Å². The van der Waals surface area contributed by atoms with Gasteiger partial charge in [-0.25, -0.2) is 4.79 Å². The molecule has 80 valence electrons. The molecule has 0 aliphatic heterocycles. The van der Waals surface area contributed by atoms with Gasteiger partial charge in [0.2, 0.25) is 0 Å². The second-order valence-corrected chi connectivity index (χ2v) is 3.63. The van der Waals surface area contributed by atoms with Crippen LogP contribution < -0.4 is 0 Å². The van der Waals surface area contributed by atoms with Gasteiger partial charge < -0.3 is 5.11 Å². The predicted octanol–water partition coefficient (Wildman–Crippen LogP) is 2.76. The lowest BCUT2D eigenvalue weighted by Gasteiger charge is -2.02. The first-order chi connectivity index (χ1) is 7.66. The minimum absolute atomic E-state index is 0.296. The average molecular weight is 213 g/mol. The third-order valence-corrected chi connectivity index (χ3v) is 2.34. The van der Waals surface area contributed by atoms with Crippen LogP contribution in [0.1, 0.15) is 15.9 Å². The Kier molecular flexibility index (Phi) is 2.68. The Morgan fingerprint density at radius 2 is 1.81 bits per heavy atom. The number of nitrogens with zero attached hydrogens (tertiary/aromatic N) is 1. The smallest absolute Gasteiger partial charge is 0.335 e. The van der Waals surface area contributed by atoms with Crippen molar-refractivity contribution in [3.8, 4) is 11.1 Å². The fraction of sp³-hybridized carbons (Fsp3) is 0.0769. The van der Waals surface area contributed by atoms with Crippen LogP contribution in [-0.4, -0.2) is 16.1 Å². The van der Waals surface area contributed by atoms with Crippen LogP contribution in [0.15, 0.2) is 42.7 Å². The largest absolute Gasteiger partial charge is 0.478 e. The van der Waals surface area contributed by atoms with Gasteiger partial charge in [-0.1, -0.05) is 12.1 Å². The number of aromatic nitrogens is 1. The van der Waals surface area contributed by atoms with E-state index in [1.54, 1.807) is 36.7 Å². The van der Waals surface area contributed by atoms with Gasteiger partial charge in [-0.2, -0.15) is 0 Å². The molecule has 0 bridgehead atoms. The van der Waals surface area contributed by atoms with Gasteiger partial charge in [0, 0.05) is 18.0 Å². The Morgan fingerprint density at radius 1 is 1.12 bits per heavy atom. The van der Waals surface area contributed by atoms with Crippen molar-refractivity contribution in [2.24, 2.45) is 0 Å². The molecular weight excluding hydrogens is 202 g/mol. The van der Waals surface area contributed by atoms with Crippen molar-refractivity contribution in [3.63, 3.8) is 0 Å². The monoisotopic (exact) mass is 213 g/mol. The third kappa shape index (κ3) is 2.08. The van der Waals surface area contributed by atoms with Crippen LogP contribution in [0.4, 0.5) is 0 Å². The van der Waals surface area contributed by atoms with E-state index in [2.05, 4.69) is 4.98 Å². The van der Waals surface area contributed by atoms with Crippen molar-refractivity contribution in [3.05, 3.63) is 53.9 Å². The summed E-state index contributed by atoms with van der Waals surface area (Å²) in [5.74, 6) is -0.908. The molecule has 0 atom stereocenters. The predicted molar refractivity (Wildman–Crippen MR) is 61.4 cm³/mol. The molecule has 0 spiro atoms. The maximum absolute atomic E-state index is 10.7. The number of carboxylic acids is 1. The Labute approximate surface area is 93.4 Å². The lowest BCUT2D eigenvalue weighted by atomic mass is 10.0. The van der Waals surface area contributed by atoms with Crippen molar-refractivity contribution in [2.45, 2.75) is 6.92 Å². The second kappa shape index (κ2) is 4.14. The quantitative estimate of drug-likeness (QED) is 0.834. The molecule has 0 radical (unpaired) electrons. The van der Waals surface area contributed by atoms with Crippen molar-refractivity contribution < 1.29 is 9.90 Å². The van der Waals surface area contributed by atoms with E-state index in [1.807, 2.05) is 13.0 Å². The van der Waals surface area contributed by atoms with Crippen molar-refractivity contribution in [1.29, 1.82) is 0 Å². The first-order valence-electron chi connectivity index (χ1n) is 4.92. The summed E-state index contributed by atoms with van der Waals surface area (Å²) in [6.45, 7) is 1.97. The first-order valence-corrected chi connectivity index (χ1v) is 4.92. The molecule has 0 unspecified atom stereocenters. The average Bonchev–Trinajstić information content (AvgIpc) is 2.29. The fourth-order valence-electron chi connectivity index (χ4n) is 1.52.